The Bertz CT molecular complexity index is 405. The summed E-state index contributed by atoms with van der Waals surface area (Å²) in [7, 11) is 0. The molecule has 0 aliphatic carbocycles. The fraction of sp³-hybridized carbons (Fsp3) is 0.364. The first-order valence-electron chi connectivity index (χ1n) is 5.04. The largest absolute Gasteiger partial charge is 0.508 e. The number of aromatic hydroxyl groups is 1. The highest BCUT2D eigenvalue weighted by Gasteiger charge is 2.19. The molecule has 86 valence electrons. The van der Waals surface area contributed by atoms with Crippen LogP contribution in [0.25, 0.3) is 0 Å². The molecule has 0 aromatic heterocycles. The van der Waals surface area contributed by atoms with Crippen LogP contribution in [0.5, 0.6) is 5.75 Å². The molecule has 1 aromatic rings. The molecule has 0 spiro atoms. The molecule has 0 saturated carbocycles. The maximum Gasteiger partial charge on any atom is 0.253 e. The highest BCUT2D eigenvalue weighted by Crippen LogP contribution is 2.22. The Hall–Kier alpha value is -0.870. The van der Waals surface area contributed by atoms with Crippen LogP contribution in [0.15, 0.2) is 18.2 Å². The van der Waals surface area contributed by atoms with E-state index in [1.54, 1.807) is 0 Å². The molecular weight excluding hydrogens is 246 g/mol. The Balaban J connectivity index is 2.10. The minimum absolute atomic E-state index is 0.0512. The number of phenols is 1. The average molecular weight is 258 g/mol. The van der Waals surface area contributed by atoms with Gasteiger partial charge < -0.3 is 10.4 Å². The normalized spacial score (nSPS) is 19.7. The molecule has 1 aliphatic heterocycles. The van der Waals surface area contributed by atoms with Crippen LogP contribution in [-0.4, -0.2) is 28.6 Å². The fourth-order valence-corrected chi connectivity index (χ4v) is 2.95. The zero-order valence-electron chi connectivity index (χ0n) is 8.57. The number of thioether (sulfide) groups is 1. The summed E-state index contributed by atoms with van der Waals surface area (Å²) in [5, 5.41) is 12.6. The van der Waals surface area contributed by atoms with Gasteiger partial charge >= 0.3 is 0 Å². The molecule has 1 aromatic carbocycles. The number of amides is 1. The lowest BCUT2D eigenvalue weighted by Gasteiger charge is -2.12. The van der Waals surface area contributed by atoms with Gasteiger partial charge in [-0.1, -0.05) is 11.6 Å². The molecule has 1 aliphatic rings. The van der Waals surface area contributed by atoms with E-state index in [9.17, 15) is 9.90 Å². The van der Waals surface area contributed by atoms with Crippen molar-refractivity contribution in [2.75, 3.05) is 11.5 Å². The van der Waals surface area contributed by atoms with Gasteiger partial charge in [0.15, 0.2) is 0 Å². The molecule has 0 radical (unpaired) electrons. The van der Waals surface area contributed by atoms with E-state index in [1.165, 1.54) is 18.2 Å². The van der Waals surface area contributed by atoms with Crippen molar-refractivity contribution in [3.63, 3.8) is 0 Å². The molecule has 3 nitrogen and oxygen atoms in total. The molecule has 1 fully saturated rings. The number of carbonyl (C=O) groups excluding carboxylic acids is 1. The van der Waals surface area contributed by atoms with Gasteiger partial charge in [0.25, 0.3) is 5.91 Å². The van der Waals surface area contributed by atoms with Crippen LogP contribution in [0.3, 0.4) is 0 Å². The number of halogens is 1. The molecule has 2 N–H and O–H groups in total. The van der Waals surface area contributed by atoms with Gasteiger partial charge in [0, 0.05) is 11.8 Å². The lowest BCUT2D eigenvalue weighted by Crippen LogP contribution is -2.34. The summed E-state index contributed by atoms with van der Waals surface area (Å²) in [6.07, 6.45) is 0.993. The summed E-state index contributed by atoms with van der Waals surface area (Å²) in [5.41, 5.74) is 0.332. The molecular formula is C11H12ClNO2S. The van der Waals surface area contributed by atoms with Gasteiger partial charge in [0.2, 0.25) is 0 Å². The molecule has 5 heteroatoms. The predicted octanol–water partition coefficient (Wildman–Crippen LogP) is 2.28. The first-order valence-corrected chi connectivity index (χ1v) is 6.57. The van der Waals surface area contributed by atoms with Gasteiger partial charge in [-0.2, -0.15) is 11.8 Å². The van der Waals surface area contributed by atoms with Gasteiger partial charge in [0.05, 0.1) is 10.6 Å². The Morgan fingerprint density at radius 1 is 1.56 bits per heavy atom. The number of hydrogen-bond donors (Lipinski definition) is 2. The zero-order valence-corrected chi connectivity index (χ0v) is 10.1. The van der Waals surface area contributed by atoms with Crippen LogP contribution in [0.2, 0.25) is 5.02 Å². The van der Waals surface area contributed by atoms with E-state index < -0.39 is 0 Å². The van der Waals surface area contributed by atoms with Crippen molar-refractivity contribution in [3.05, 3.63) is 28.8 Å². The second-order valence-corrected chi connectivity index (χ2v) is 5.26. The monoisotopic (exact) mass is 257 g/mol. The third kappa shape index (κ3) is 2.62. The van der Waals surface area contributed by atoms with Gasteiger partial charge in [-0.25, -0.2) is 0 Å². The van der Waals surface area contributed by atoms with Crippen molar-refractivity contribution in [1.82, 2.24) is 5.32 Å². The van der Waals surface area contributed by atoms with E-state index in [0.29, 0.717) is 10.6 Å². The van der Waals surface area contributed by atoms with Crippen LogP contribution in [0, 0.1) is 0 Å². The van der Waals surface area contributed by atoms with Gasteiger partial charge in [-0.15, -0.1) is 0 Å². The van der Waals surface area contributed by atoms with E-state index in [2.05, 4.69) is 5.32 Å². The van der Waals surface area contributed by atoms with E-state index in [0.717, 1.165) is 17.9 Å². The second-order valence-electron chi connectivity index (χ2n) is 3.70. The standard InChI is InChI=1S/C11H12ClNO2S/c12-10-2-1-8(14)5-9(10)11(15)13-7-3-4-16-6-7/h1-2,5,7,14H,3-4,6H2,(H,13,15). The molecule has 1 amide bonds. The summed E-state index contributed by atoms with van der Waals surface area (Å²) in [4.78, 5) is 11.9. The van der Waals surface area contributed by atoms with E-state index in [-0.39, 0.29) is 17.7 Å². The average Bonchev–Trinajstić information content (AvgIpc) is 2.74. The minimum Gasteiger partial charge on any atom is -0.508 e. The van der Waals surface area contributed by atoms with Crippen molar-refractivity contribution in [3.8, 4) is 5.75 Å². The number of nitrogens with one attached hydrogen (secondary N) is 1. The molecule has 2 rings (SSSR count). The zero-order chi connectivity index (χ0) is 11.5. The molecule has 0 bridgehead atoms. The Labute approximate surface area is 103 Å². The van der Waals surface area contributed by atoms with Crippen LogP contribution in [0.4, 0.5) is 0 Å². The molecule has 1 unspecified atom stereocenters. The number of benzene rings is 1. The summed E-state index contributed by atoms with van der Waals surface area (Å²) >= 11 is 7.73. The predicted molar refractivity (Wildman–Crippen MR) is 66.3 cm³/mol. The van der Waals surface area contributed by atoms with Crippen LogP contribution < -0.4 is 5.32 Å². The van der Waals surface area contributed by atoms with Crippen LogP contribution >= 0.6 is 23.4 Å². The molecule has 16 heavy (non-hydrogen) atoms. The van der Waals surface area contributed by atoms with Crippen molar-refractivity contribution < 1.29 is 9.90 Å². The number of rotatable bonds is 2. The lowest BCUT2D eigenvalue weighted by molar-refractivity contribution is 0.0941. The van der Waals surface area contributed by atoms with Crippen molar-refractivity contribution >= 4 is 29.3 Å². The Morgan fingerprint density at radius 2 is 2.38 bits per heavy atom. The van der Waals surface area contributed by atoms with E-state index in [4.69, 9.17) is 11.6 Å². The number of hydrogen-bond acceptors (Lipinski definition) is 3. The Kier molecular flexibility index (Phi) is 3.61. The van der Waals surface area contributed by atoms with E-state index in [1.807, 2.05) is 11.8 Å². The highest BCUT2D eigenvalue weighted by atomic mass is 35.5. The van der Waals surface area contributed by atoms with Crippen molar-refractivity contribution in [2.24, 2.45) is 0 Å². The SMILES string of the molecule is O=C(NC1CCSC1)c1cc(O)ccc1Cl. The van der Waals surface area contributed by atoms with Crippen LogP contribution in [-0.2, 0) is 0 Å². The summed E-state index contributed by atoms with van der Waals surface area (Å²) in [5.74, 6) is 1.87. The number of carbonyl (C=O) groups is 1. The smallest absolute Gasteiger partial charge is 0.253 e. The summed E-state index contributed by atoms with van der Waals surface area (Å²) in [6.45, 7) is 0. The van der Waals surface area contributed by atoms with E-state index >= 15 is 0 Å². The minimum atomic E-state index is -0.214. The third-order valence-corrected chi connectivity index (χ3v) is 3.95. The first-order chi connectivity index (χ1) is 7.66. The lowest BCUT2D eigenvalue weighted by atomic mass is 10.1. The second kappa shape index (κ2) is 4.97. The van der Waals surface area contributed by atoms with Crippen molar-refractivity contribution in [2.45, 2.75) is 12.5 Å². The fourth-order valence-electron chi connectivity index (χ4n) is 1.60. The Morgan fingerprint density at radius 3 is 3.06 bits per heavy atom. The third-order valence-electron chi connectivity index (χ3n) is 2.46. The van der Waals surface area contributed by atoms with Crippen LogP contribution in [0.1, 0.15) is 16.8 Å². The van der Waals surface area contributed by atoms with Gasteiger partial charge in [-0.05, 0) is 30.4 Å². The quantitative estimate of drug-likeness (QED) is 0.855. The maximum atomic E-state index is 11.9. The molecule has 1 atom stereocenters. The first kappa shape index (κ1) is 11.6. The summed E-state index contributed by atoms with van der Waals surface area (Å²) < 4.78 is 0. The summed E-state index contributed by atoms with van der Waals surface area (Å²) in [6, 6.07) is 4.59. The molecule has 1 heterocycles. The van der Waals surface area contributed by atoms with Gasteiger partial charge in [-0.3, -0.25) is 4.79 Å². The molecule has 1 saturated heterocycles. The topological polar surface area (TPSA) is 49.3 Å². The highest BCUT2D eigenvalue weighted by molar-refractivity contribution is 7.99. The van der Waals surface area contributed by atoms with Crippen molar-refractivity contribution in [1.29, 1.82) is 0 Å². The maximum absolute atomic E-state index is 11.9. The van der Waals surface area contributed by atoms with Gasteiger partial charge in [0.1, 0.15) is 5.75 Å². The number of phenolic OH excluding ortho intramolecular Hbond substituents is 1.